The van der Waals surface area contributed by atoms with Gasteiger partial charge in [-0.2, -0.15) is 0 Å². The zero-order chi connectivity index (χ0) is 20.6. The zero-order valence-corrected chi connectivity index (χ0v) is 17.1. The third-order valence-electron chi connectivity index (χ3n) is 4.62. The number of aromatic hydroxyl groups is 1. The topological polar surface area (TPSA) is 60.9 Å². The van der Waals surface area contributed by atoms with Gasteiger partial charge in [-0.15, -0.1) is 0 Å². The molecule has 0 atom stereocenters. The van der Waals surface area contributed by atoms with E-state index in [0.29, 0.717) is 24.3 Å². The van der Waals surface area contributed by atoms with Gasteiger partial charge in [0.2, 0.25) is 0 Å². The summed E-state index contributed by atoms with van der Waals surface area (Å²) in [6, 6.07) is 5.61. The van der Waals surface area contributed by atoms with Crippen LogP contribution < -0.4 is 4.90 Å². The van der Waals surface area contributed by atoms with E-state index >= 15 is 0 Å². The van der Waals surface area contributed by atoms with Crippen LogP contribution in [-0.4, -0.2) is 47.9 Å². The third kappa shape index (κ3) is 3.90. The van der Waals surface area contributed by atoms with E-state index < -0.39 is 17.5 Å². The van der Waals surface area contributed by atoms with E-state index in [4.69, 9.17) is 34.8 Å². The predicted octanol–water partition coefficient (Wildman–Crippen LogP) is 4.66. The van der Waals surface area contributed by atoms with Gasteiger partial charge < -0.3 is 14.9 Å². The second kappa shape index (κ2) is 8.15. The normalized spacial score (nSPS) is 14.3. The number of hydrogen-bond acceptors (Lipinski definition) is 4. The standard InChI is InChI=1S/C19H16Cl3FN2O3/c1-10(26)11-2-3-15(14(23)8-11)24-4-6-25(7-5-24)19(28)16-17(22)12(20)9-13(21)18(16)27/h2-3,8-9,27H,4-7H2,1H3. The Labute approximate surface area is 176 Å². The summed E-state index contributed by atoms with van der Waals surface area (Å²) in [6.07, 6.45) is 0. The van der Waals surface area contributed by atoms with E-state index in [-0.39, 0.29) is 39.5 Å². The number of phenols is 1. The number of carbonyl (C=O) groups is 2. The number of phenolic OH excluding ortho intramolecular Hbond substituents is 1. The van der Waals surface area contributed by atoms with Crippen molar-refractivity contribution >= 4 is 52.2 Å². The number of ketones is 1. The maximum atomic E-state index is 14.4. The molecule has 5 nitrogen and oxygen atoms in total. The summed E-state index contributed by atoms with van der Waals surface area (Å²) in [5.74, 6) is -1.62. The summed E-state index contributed by atoms with van der Waals surface area (Å²) in [7, 11) is 0. The van der Waals surface area contributed by atoms with Gasteiger partial charge in [-0.3, -0.25) is 9.59 Å². The molecule has 2 aromatic rings. The summed E-state index contributed by atoms with van der Waals surface area (Å²) in [4.78, 5) is 27.5. The number of halogens is 4. The Kier molecular flexibility index (Phi) is 6.03. The quantitative estimate of drug-likeness (QED) is 0.551. The van der Waals surface area contributed by atoms with Crippen LogP contribution in [0.3, 0.4) is 0 Å². The monoisotopic (exact) mass is 444 g/mol. The molecule has 1 aliphatic rings. The van der Waals surface area contributed by atoms with Crippen molar-refractivity contribution in [1.82, 2.24) is 4.90 Å². The van der Waals surface area contributed by atoms with Crippen molar-refractivity contribution in [2.24, 2.45) is 0 Å². The van der Waals surface area contributed by atoms with E-state index in [2.05, 4.69) is 0 Å². The smallest absolute Gasteiger partial charge is 0.259 e. The van der Waals surface area contributed by atoms with E-state index in [1.54, 1.807) is 17.0 Å². The molecule has 0 unspecified atom stereocenters. The molecule has 1 amide bonds. The van der Waals surface area contributed by atoms with Crippen molar-refractivity contribution in [1.29, 1.82) is 0 Å². The summed E-state index contributed by atoms with van der Waals surface area (Å²) in [6.45, 7) is 2.68. The van der Waals surface area contributed by atoms with Gasteiger partial charge in [-0.05, 0) is 31.2 Å². The molecule has 9 heteroatoms. The Balaban J connectivity index is 1.76. The largest absolute Gasteiger partial charge is 0.505 e. The molecule has 0 aromatic heterocycles. The highest BCUT2D eigenvalue weighted by Gasteiger charge is 2.29. The molecular formula is C19H16Cl3FN2O3. The van der Waals surface area contributed by atoms with Gasteiger partial charge in [0, 0.05) is 31.7 Å². The van der Waals surface area contributed by atoms with Crippen molar-refractivity contribution in [2.75, 3.05) is 31.1 Å². The van der Waals surface area contributed by atoms with Crippen LogP contribution in [0.1, 0.15) is 27.6 Å². The van der Waals surface area contributed by atoms with Crippen LogP contribution in [0.25, 0.3) is 0 Å². The molecule has 1 heterocycles. The molecule has 0 spiro atoms. The molecule has 28 heavy (non-hydrogen) atoms. The molecule has 148 valence electrons. The Morgan fingerprint density at radius 3 is 2.25 bits per heavy atom. The van der Waals surface area contributed by atoms with Crippen LogP contribution in [0.5, 0.6) is 5.75 Å². The van der Waals surface area contributed by atoms with Crippen molar-refractivity contribution in [3.8, 4) is 5.75 Å². The fourth-order valence-corrected chi connectivity index (χ4v) is 3.76. The third-order valence-corrected chi connectivity index (χ3v) is 5.70. The molecule has 1 aliphatic heterocycles. The number of anilines is 1. The lowest BCUT2D eigenvalue weighted by atomic mass is 10.1. The van der Waals surface area contributed by atoms with Crippen molar-refractivity contribution in [3.63, 3.8) is 0 Å². The Morgan fingerprint density at radius 1 is 1.04 bits per heavy atom. The fourth-order valence-electron chi connectivity index (χ4n) is 3.07. The first-order chi connectivity index (χ1) is 13.2. The molecule has 0 aliphatic carbocycles. The molecule has 1 N–H and O–H groups in total. The van der Waals surface area contributed by atoms with E-state index in [1.807, 2.05) is 0 Å². The van der Waals surface area contributed by atoms with E-state index in [1.165, 1.54) is 24.0 Å². The maximum Gasteiger partial charge on any atom is 0.259 e. The minimum Gasteiger partial charge on any atom is -0.505 e. The number of hydrogen-bond donors (Lipinski definition) is 1. The lowest BCUT2D eigenvalue weighted by Gasteiger charge is -2.36. The van der Waals surface area contributed by atoms with Crippen LogP contribution in [0, 0.1) is 5.82 Å². The first-order valence-corrected chi connectivity index (χ1v) is 9.55. The maximum absolute atomic E-state index is 14.4. The van der Waals surface area contributed by atoms with Crippen LogP contribution in [0.15, 0.2) is 24.3 Å². The fraction of sp³-hybridized carbons (Fsp3) is 0.263. The molecule has 3 rings (SSSR count). The number of Topliss-reactive ketones (excluding diaryl/α,β-unsaturated/α-hetero) is 1. The summed E-state index contributed by atoms with van der Waals surface area (Å²) < 4.78 is 14.4. The van der Waals surface area contributed by atoms with Crippen LogP contribution in [0.4, 0.5) is 10.1 Å². The molecule has 0 bridgehead atoms. The Hall–Kier alpha value is -2.02. The van der Waals surface area contributed by atoms with Gasteiger partial charge in [-0.25, -0.2) is 4.39 Å². The van der Waals surface area contributed by atoms with E-state index in [9.17, 15) is 19.1 Å². The van der Waals surface area contributed by atoms with Gasteiger partial charge in [0.05, 0.1) is 20.8 Å². The molecule has 1 fully saturated rings. The lowest BCUT2D eigenvalue weighted by Crippen LogP contribution is -2.49. The van der Waals surface area contributed by atoms with E-state index in [0.717, 1.165) is 0 Å². The number of rotatable bonds is 3. The lowest BCUT2D eigenvalue weighted by molar-refractivity contribution is 0.0743. The number of carbonyl (C=O) groups excluding carboxylic acids is 2. The molecule has 0 saturated carbocycles. The van der Waals surface area contributed by atoms with Gasteiger partial charge in [0.15, 0.2) is 5.78 Å². The molecule has 1 saturated heterocycles. The van der Waals surface area contributed by atoms with Crippen LogP contribution in [-0.2, 0) is 0 Å². The highest BCUT2D eigenvalue weighted by Crippen LogP contribution is 2.39. The Bertz CT molecular complexity index is 934. The van der Waals surface area contributed by atoms with Crippen LogP contribution >= 0.6 is 34.8 Å². The van der Waals surface area contributed by atoms with Gasteiger partial charge in [-0.1, -0.05) is 34.8 Å². The summed E-state index contributed by atoms with van der Waals surface area (Å²) in [5, 5.41) is 10.1. The predicted molar refractivity (Wildman–Crippen MR) is 108 cm³/mol. The van der Waals surface area contributed by atoms with Crippen molar-refractivity contribution in [2.45, 2.75) is 6.92 Å². The van der Waals surface area contributed by atoms with Gasteiger partial charge in [0.25, 0.3) is 5.91 Å². The Morgan fingerprint density at radius 2 is 1.68 bits per heavy atom. The molecule has 2 aromatic carbocycles. The van der Waals surface area contributed by atoms with Crippen molar-refractivity contribution in [3.05, 3.63) is 56.3 Å². The first kappa shape index (κ1) is 20.7. The average Bonchev–Trinajstić information content (AvgIpc) is 2.66. The van der Waals surface area contributed by atoms with Crippen LogP contribution in [0.2, 0.25) is 15.1 Å². The number of amides is 1. The highest BCUT2D eigenvalue weighted by atomic mass is 35.5. The second-order valence-electron chi connectivity index (χ2n) is 6.38. The average molecular weight is 446 g/mol. The minimum absolute atomic E-state index is 0.0657. The molecular weight excluding hydrogens is 430 g/mol. The van der Waals surface area contributed by atoms with Gasteiger partial charge in [0.1, 0.15) is 17.1 Å². The number of nitrogens with zero attached hydrogens (tertiary/aromatic N) is 2. The SMILES string of the molecule is CC(=O)c1ccc(N2CCN(C(=O)c3c(O)c(Cl)cc(Cl)c3Cl)CC2)c(F)c1. The zero-order valence-electron chi connectivity index (χ0n) is 14.8. The first-order valence-electron chi connectivity index (χ1n) is 8.42. The number of piperazine rings is 1. The number of benzene rings is 2. The minimum atomic E-state index is -0.501. The highest BCUT2D eigenvalue weighted by molar-refractivity contribution is 6.45. The summed E-state index contributed by atoms with van der Waals surface area (Å²) in [5.41, 5.74) is 0.520. The summed E-state index contributed by atoms with van der Waals surface area (Å²) >= 11 is 17.9. The van der Waals surface area contributed by atoms with Crippen molar-refractivity contribution < 1.29 is 19.1 Å². The molecule has 0 radical (unpaired) electrons. The second-order valence-corrected chi connectivity index (χ2v) is 7.57. The van der Waals surface area contributed by atoms with Gasteiger partial charge >= 0.3 is 0 Å².